The van der Waals surface area contributed by atoms with Gasteiger partial charge in [0.2, 0.25) is 0 Å². The van der Waals surface area contributed by atoms with Gasteiger partial charge in [-0.15, -0.1) is 0 Å². The van der Waals surface area contributed by atoms with Gasteiger partial charge >= 0.3 is 5.97 Å². The van der Waals surface area contributed by atoms with E-state index in [4.69, 9.17) is 10.5 Å². The minimum atomic E-state index is -0.733. The molecule has 0 saturated carbocycles. The number of hydrogen-bond acceptors (Lipinski definition) is 3. The van der Waals surface area contributed by atoms with Gasteiger partial charge in [-0.05, 0) is 31.6 Å². The third-order valence-corrected chi connectivity index (χ3v) is 3.59. The summed E-state index contributed by atoms with van der Waals surface area (Å²) in [6.07, 6.45) is 4.19. The van der Waals surface area contributed by atoms with Gasteiger partial charge < -0.3 is 15.6 Å². The standard InChI is InChI=1S/C12H23NO3/c1-2-5-12(9-13,11(14)15)8-10-3-6-16-7-4-10/h10H,2-9,13H2,1H3,(H,14,15). The number of rotatable bonds is 6. The molecule has 1 unspecified atom stereocenters. The van der Waals surface area contributed by atoms with Crippen LogP contribution in [-0.2, 0) is 9.53 Å². The molecule has 0 spiro atoms. The molecule has 3 N–H and O–H groups in total. The van der Waals surface area contributed by atoms with E-state index in [1.165, 1.54) is 0 Å². The zero-order valence-corrected chi connectivity index (χ0v) is 10.1. The summed E-state index contributed by atoms with van der Waals surface area (Å²) in [5.41, 5.74) is 4.99. The maximum absolute atomic E-state index is 11.4. The second-order valence-corrected chi connectivity index (χ2v) is 4.80. The molecule has 0 amide bonds. The quantitative estimate of drug-likeness (QED) is 0.726. The Hall–Kier alpha value is -0.610. The highest BCUT2D eigenvalue weighted by molar-refractivity contribution is 5.74. The van der Waals surface area contributed by atoms with Crippen molar-refractivity contribution in [2.24, 2.45) is 17.1 Å². The Labute approximate surface area is 97.2 Å². The van der Waals surface area contributed by atoms with Crippen LogP contribution in [0.1, 0.15) is 39.0 Å². The lowest BCUT2D eigenvalue weighted by Crippen LogP contribution is -2.41. The fraction of sp³-hybridized carbons (Fsp3) is 0.917. The van der Waals surface area contributed by atoms with Gasteiger partial charge in [-0.25, -0.2) is 0 Å². The fourth-order valence-corrected chi connectivity index (χ4v) is 2.55. The van der Waals surface area contributed by atoms with E-state index < -0.39 is 11.4 Å². The Balaban J connectivity index is 2.63. The Morgan fingerprint density at radius 2 is 2.12 bits per heavy atom. The van der Waals surface area contributed by atoms with Crippen LogP contribution in [0.3, 0.4) is 0 Å². The number of hydrogen-bond donors (Lipinski definition) is 2. The molecule has 4 heteroatoms. The molecule has 0 aromatic carbocycles. The van der Waals surface area contributed by atoms with Crippen LogP contribution in [0.2, 0.25) is 0 Å². The maximum Gasteiger partial charge on any atom is 0.310 e. The topological polar surface area (TPSA) is 72.5 Å². The first-order valence-corrected chi connectivity index (χ1v) is 6.16. The van der Waals surface area contributed by atoms with Crippen LogP contribution < -0.4 is 5.73 Å². The van der Waals surface area contributed by atoms with Gasteiger partial charge in [-0.2, -0.15) is 0 Å². The summed E-state index contributed by atoms with van der Waals surface area (Å²) in [4.78, 5) is 11.4. The number of ether oxygens (including phenoxy) is 1. The first-order chi connectivity index (χ1) is 7.64. The van der Waals surface area contributed by atoms with Crippen LogP contribution in [0.5, 0.6) is 0 Å². The molecule has 1 saturated heterocycles. The first kappa shape index (κ1) is 13.5. The van der Waals surface area contributed by atoms with Crippen molar-refractivity contribution >= 4 is 5.97 Å². The molecule has 1 aliphatic heterocycles. The third kappa shape index (κ3) is 3.19. The summed E-state index contributed by atoms with van der Waals surface area (Å²) >= 11 is 0. The first-order valence-electron chi connectivity index (χ1n) is 6.16. The predicted octanol–water partition coefficient (Wildman–Crippen LogP) is 1.63. The molecule has 1 rings (SSSR count). The summed E-state index contributed by atoms with van der Waals surface area (Å²) in [5.74, 6) is -0.275. The van der Waals surface area contributed by atoms with E-state index in [1.54, 1.807) is 0 Å². The largest absolute Gasteiger partial charge is 0.481 e. The highest BCUT2D eigenvalue weighted by atomic mass is 16.5. The maximum atomic E-state index is 11.4. The second-order valence-electron chi connectivity index (χ2n) is 4.80. The fourth-order valence-electron chi connectivity index (χ4n) is 2.55. The zero-order chi connectivity index (χ0) is 12.0. The average molecular weight is 229 g/mol. The molecule has 0 bridgehead atoms. The summed E-state index contributed by atoms with van der Waals surface area (Å²) in [7, 11) is 0. The molecule has 1 fully saturated rings. The molecule has 0 radical (unpaired) electrons. The highest BCUT2D eigenvalue weighted by Crippen LogP contribution is 2.35. The lowest BCUT2D eigenvalue weighted by Gasteiger charge is -2.33. The van der Waals surface area contributed by atoms with Gasteiger partial charge in [0.25, 0.3) is 0 Å². The summed E-state index contributed by atoms with van der Waals surface area (Å²) < 4.78 is 5.29. The van der Waals surface area contributed by atoms with Crippen LogP contribution >= 0.6 is 0 Å². The molecule has 1 aliphatic rings. The van der Waals surface area contributed by atoms with Gasteiger partial charge in [-0.3, -0.25) is 4.79 Å². The number of nitrogens with two attached hydrogens (primary N) is 1. The minimum absolute atomic E-state index is 0.244. The average Bonchev–Trinajstić information content (AvgIpc) is 2.29. The van der Waals surface area contributed by atoms with Crippen LogP contribution in [0.25, 0.3) is 0 Å². The molecular formula is C12H23NO3. The van der Waals surface area contributed by atoms with Crippen LogP contribution in [0.15, 0.2) is 0 Å². The SMILES string of the molecule is CCCC(CN)(CC1CCOCC1)C(=O)O. The number of carbonyl (C=O) groups is 1. The molecule has 0 aliphatic carbocycles. The van der Waals surface area contributed by atoms with Crippen molar-refractivity contribution < 1.29 is 14.6 Å². The molecule has 0 aromatic heterocycles. The van der Waals surface area contributed by atoms with Gasteiger partial charge in [0.05, 0.1) is 5.41 Å². The van der Waals surface area contributed by atoms with Gasteiger partial charge in [-0.1, -0.05) is 13.3 Å². The highest BCUT2D eigenvalue weighted by Gasteiger charge is 2.38. The van der Waals surface area contributed by atoms with Crippen LogP contribution in [0, 0.1) is 11.3 Å². The number of carboxylic acids is 1. The lowest BCUT2D eigenvalue weighted by molar-refractivity contribution is -0.150. The van der Waals surface area contributed by atoms with Crippen LogP contribution in [-0.4, -0.2) is 30.8 Å². The monoisotopic (exact) mass is 229 g/mol. The van der Waals surface area contributed by atoms with Crippen molar-refractivity contribution in [1.29, 1.82) is 0 Å². The van der Waals surface area contributed by atoms with Gasteiger partial charge in [0.15, 0.2) is 0 Å². The molecule has 16 heavy (non-hydrogen) atoms. The summed E-state index contributed by atoms with van der Waals surface area (Å²) in [6.45, 7) is 3.78. The van der Waals surface area contributed by atoms with Crippen molar-refractivity contribution in [3.8, 4) is 0 Å². The predicted molar refractivity (Wildman–Crippen MR) is 62.2 cm³/mol. The minimum Gasteiger partial charge on any atom is -0.481 e. The Morgan fingerprint density at radius 1 is 1.50 bits per heavy atom. The molecular weight excluding hydrogens is 206 g/mol. The normalized spacial score (nSPS) is 21.6. The second kappa shape index (κ2) is 6.21. The van der Waals surface area contributed by atoms with E-state index in [0.717, 1.165) is 32.5 Å². The van der Waals surface area contributed by atoms with E-state index >= 15 is 0 Å². The van der Waals surface area contributed by atoms with Gasteiger partial charge in [0, 0.05) is 19.8 Å². The Bertz CT molecular complexity index is 226. The third-order valence-electron chi connectivity index (χ3n) is 3.59. The van der Waals surface area contributed by atoms with Crippen molar-refractivity contribution in [1.82, 2.24) is 0 Å². The van der Waals surface area contributed by atoms with E-state index in [1.807, 2.05) is 6.92 Å². The summed E-state index contributed by atoms with van der Waals surface area (Å²) in [6, 6.07) is 0. The van der Waals surface area contributed by atoms with Crippen LogP contribution in [0.4, 0.5) is 0 Å². The van der Waals surface area contributed by atoms with Gasteiger partial charge in [0.1, 0.15) is 0 Å². The van der Waals surface area contributed by atoms with E-state index in [0.29, 0.717) is 18.8 Å². The number of aliphatic carboxylic acids is 1. The number of carboxylic acid groups (broad SMARTS) is 1. The Kier molecular flexibility index (Phi) is 5.22. The van der Waals surface area contributed by atoms with Crippen molar-refractivity contribution in [2.45, 2.75) is 39.0 Å². The molecule has 0 aromatic rings. The lowest BCUT2D eigenvalue weighted by atomic mass is 9.74. The Morgan fingerprint density at radius 3 is 2.56 bits per heavy atom. The molecule has 4 nitrogen and oxygen atoms in total. The van der Waals surface area contributed by atoms with E-state index in [2.05, 4.69) is 0 Å². The van der Waals surface area contributed by atoms with Crippen molar-refractivity contribution in [3.05, 3.63) is 0 Å². The molecule has 1 atom stereocenters. The molecule has 94 valence electrons. The summed E-state index contributed by atoms with van der Waals surface area (Å²) in [5, 5.41) is 9.37. The zero-order valence-electron chi connectivity index (χ0n) is 10.1. The van der Waals surface area contributed by atoms with Crippen molar-refractivity contribution in [2.75, 3.05) is 19.8 Å². The molecule has 1 heterocycles. The smallest absolute Gasteiger partial charge is 0.310 e. The van der Waals surface area contributed by atoms with E-state index in [-0.39, 0.29) is 6.54 Å². The van der Waals surface area contributed by atoms with E-state index in [9.17, 15) is 9.90 Å². The van der Waals surface area contributed by atoms with Crippen molar-refractivity contribution in [3.63, 3.8) is 0 Å².